The van der Waals surface area contributed by atoms with Crippen molar-refractivity contribution in [1.29, 1.82) is 0 Å². The van der Waals surface area contributed by atoms with Crippen molar-refractivity contribution in [1.82, 2.24) is 0 Å². The fourth-order valence-corrected chi connectivity index (χ4v) is 11.1. The van der Waals surface area contributed by atoms with Crippen molar-refractivity contribution in [3.63, 3.8) is 0 Å². The lowest BCUT2D eigenvalue weighted by molar-refractivity contribution is 0.590. The van der Waals surface area contributed by atoms with Gasteiger partial charge in [0.05, 0.1) is 11.4 Å². The summed E-state index contributed by atoms with van der Waals surface area (Å²) >= 11 is 0. The number of nitrogens with zero attached hydrogens (tertiary/aromatic N) is 1. The summed E-state index contributed by atoms with van der Waals surface area (Å²) in [4.78, 5) is 2.48. The molecule has 0 amide bonds. The fourth-order valence-electron chi connectivity index (χ4n) is 11.1. The highest BCUT2D eigenvalue weighted by molar-refractivity contribution is 5.96. The van der Waals surface area contributed by atoms with E-state index in [-0.39, 0.29) is 16.2 Å². The molecule has 9 aromatic rings. The first-order chi connectivity index (χ1) is 31.4. The lowest BCUT2D eigenvalue weighted by atomic mass is 9.78. The number of hydrogen-bond acceptors (Lipinski definition) is 1. The number of benzene rings is 9. The molecule has 1 heteroatoms. The van der Waals surface area contributed by atoms with E-state index in [9.17, 15) is 0 Å². The van der Waals surface area contributed by atoms with E-state index in [0.717, 1.165) is 17.1 Å². The van der Waals surface area contributed by atoms with Crippen molar-refractivity contribution in [2.24, 2.45) is 0 Å². The van der Waals surface area contributed by atoms with Gasteiger partial charge in [0.25, 0.3) is 0 Å². The molecule has 65 heavy (non-hydrogen) atoms. The highest BCUT2D eigenvalue weighted by Gasteiger charge is 2.38. The van der Waals surface area contributed by atoms with Gasteiger partial charge in [-0.2, -0.15) is 0 Å². The van der Waals surface area contributed by atoms with Gasteiger partial charge in [0.15, 0.2) is 0 Å². The van der Waals surface area contributed by atoms with Crippen LogP contribution in [0.25, 0.3) is 66.8 Å². The molecule has 316 valence electrons. The van der Waals surface area contributed by atoms with Crippen LogP contribution in [0.3, 0.4) is 0 Å². The maximum atomic E-state index is 2.48. The van der Waals surface area contributed by atoms with E-state index in [2.05, 4.69) is 260 Å². The third kappa shape index (κ3) is 6.59. The Morgan fingerprint density at radius 3 is 1.35 bits per heavy atom. The van der Waals surface area contributed by atoms with Crippen molar-refractivity contribution < 1.29 is 0 Å². The molecule has 0 saturated carbocycles. The van der Waals surface area contributed by atoms with E-state index in [1.54, 1.807) is 0 Å². The third-order valence-corrected chi connectivity index (χ3v) is 14.5. The molecule has 0 atom stereocenters. The summed E-state index contributed by atoms with van der Waals surface area (Å²) < 4.78 is 0. The topological polar surface area (TPSA) is 3.24 Å². The van der Waals surface area contributed by atoms with Gasteiger partial charge in [-0.15, -0.1) is 0 Å². The maximum absolute atomic E-state index is 2.48. The Kier molecular flexibility index (Phi) is 9.49. The van der Waals surface area contributed by atoms with Gasteiger partial charge >= 0.3 is 0 Å². The predicted molar refractivity (Wildman–Crippen MR) is 277 cm³/mol. The molecule has 1 nitrogen and oxygen atoms in total. The number of hydrogen-bond donors (Lipinski definition) is 0. The van der Waals surface area contributed by atoms with Gasteiger partial charge in [-0.25, -0.2) is 0 Å². The van der Waals surface area contributed by atoms with Crippen molar-refractivity contribution in [3.05, 3.63) is 234 Å². The molecule has 11 rings (SSSR count). The average molecular weight is 838 g/mol. The van der Waals surface area contributed by atoms with Crippen LogP contribution in [0.4, 0.5) is 17.1 Å². The van der Waals surface area contributed by atoms with Crippen LogP contribution in [0, 0.1) is 0 Å². The Labute approximate surface area is 385 Å². The summed E-state index contributed by atoms with van der Waals surface area (Å²) in [7, 11) is 0. The Balaban J connectivity index is 1.06. The van der Waals surface area contributed by atoms with Gasteiger partial charge in [-0.05, 0) is 119 Å². The van der Waals surface area contributed by atoms with Crippen LogP contribution in [0.5, 0.6) is 0 Å². The second kappa shape index (κ2) is 15.2. The molecule has 0 heterocycles. The van der Waals surface area contributed by atoms with Crippen LogP contribution in [0.1, 0.15) is 76.3 Å². The van der Waals surface area contributed by atoms with Crippen molar-refractivity contribution >= 4 is 17.1 Å². The summed E-state index contributed by atoms with van der Waals surface area (Å²) in [6.45, 7) is 16.3. The van der Waals surface area contributed by atoms with Crippen molar-refractivity contribution in [2.75, 3.05) is 4.90 Å². The molecular formula is C64H55N. The van der Waals surface area contributed by atoms with Gasteiger partial charge in [0.1, 0.15) is 0 Å². The Morgan fingerprint density at radius 2 is 0.738 bits per heavy atom. The zero-order valence-corrected chi connectivity index (χ0v) is 38.6. The van der Waals surface area contributed by atoms with E-state index in [1.807, 2.05) is 0 Å². The first kappa shape index (κ1) is 40.5. The van der Waals surface area contributed by atoms with Gasteiger partial charge in [-0.3, -0.25) is 0 Å². The summed E-state index contributed by atoms with van der Waals surface area (Å²) in [6, 6.07) is 77.1. The first-order valence-electron chi connectivity index (χ1n) is 23.2. The largest absolute Gasteiger partial charge is 0.309 e. The quantitative estimate of drug-likeness (QED) is 0.155. The lowest BCUT2D eigenvalue weighted by Crippen LogP contribution is -2.16. The Morgan fingerprint density at radius 1 is 0.323 bits per heavy atom. The lowest BCUT2D eigenvalue weighted by Gasteiger charge is -2.30. The third-order valence-electron chi connectivity index (χ3n) is 14.5. The molecule has 9 aromatic carbocycles. The summed E-state index contributed by atoms with van der Waals surface area (Å²) in [5, 5.41) is 0. The van der Waals surface area contributed by atoms with Crippen LogP contribution in [-0.4, -0.2) is 0 Å². The van der Waals surface area contributed by atoms with Gasteiger partial charge in [0.2, 0.25) is 0 Å². The standard InChI is InChI=1S/C64H55N/c1-62(2,3)45-36-31-43(32-37-45)48-20-12-16-29-59(48)65(60-30-17-13-21-49(60)44-35-40-53-51-23-10-14-27-56(51)63(4,5)58(53)41-44)46-38-33-42(34-39-46)47-19-8-9-22-50(47)54-25-18-26-55-52-24-11-15-28-57(52)64(6,7)61(54)55/h8-41H,1-7H3. The minimum atomic E-state index is -0.119. The molecule has 0 aromatic heterocycles. The van der Waals surface area contributed by atoms with Crippen LogP contribution in [-0.2, 0) is 16.2 Å². The molecule has 0 radical (unpaired) electrons. The average Bonchev–Trinajstić information content (AvgIpc) is 3.71. The van der Waals surface area contributed by atoms with Gasteiger partial charge < -0.3 is 4.90 Å². The molecule has 2 aliphatic rings. The fraction of sp³-hybridized carbons (Fsp3) is 0.156. The normalized spacial score (nSPS) is 14.0. The Bertz CT molecular complexity index is 3280. The van der Waals surface area contributed by atoms with E-state index in [0.29, 0.717) is 0 Å². The summed E-state index contributed by atoms with van der Waals surface area (Å²) in [5.41, 5.74) is 25.2. The maximum Gasteiger partial charge on any atom is 0.0540 e. The van der Waals surface area contributed by atoms with Crippen molar-refractivity contribution in [2.45, 2.75) is 64.7 Å². The molecule has 0 N–H and O–H groups in total. The molecule has 0 fully saturated rings. The zero-order chi connectivity index (χ0) is 44.7. The van der Waals surface area contributed by atoms with E-state index in [1.165, 1.54) is 94.6 Å². The van der Waals surface area contributed by atoms with Gasteiger partial charge in [0, 0.05) is 27.6 Å². The number of rotatable bonds is 7. The highest BCUT2D eigenvalue weighted by Crippen LogP contribution is 2.54. The predicted octanol–water partition coefficient (Wildman–Crippen LogP) is 17.7. The van der Waals surface area contributed by atoms with Crippen LogP contribution < -0.4 is 4.90 Å². The zero-order valence-electron chi connectivity index (χ0n) is 38.6. The van der Waals surface area contributed by atoms with E-state index in [4.69, 9.17) is 0 Å². The Hall–Kier alpha value is -7.22. The number of para-hydroxylation sites is 2. The summed E-state index contributed by atoms with van der Waals surface area (Å²) in [6.07, 6.45) is 0. The molecular weight excluding hydrogens is 783 g/mol. The smallest absolute Gasteiger partial charge is 0.0540 e. The number of anilines is 3. The van der Waals surface area contributed by atoms with Crippen LogP contribution in [0.2, 0.25) is 0 Å². The SMILES string of the molecule is CC(C)(C)c1ccc(-c2ccccc2N(c2ccc(-c3ccccc3-c3cccc4c3C(C)(C)c3ccccc3-4)cc2)c2ccccc2-c2ccc3c(c2)C(C)(C)c2ccccc2-3)cc1. The monoisotopic (exact) mass is 837 g/mol. The molecule has 0 saturated heterocycles. The molecule has 0 aliphatic heterocycles. The van der Waals surface area contributed by atoms with Crippen LogP contribution >= 0.6 is 0 Å². The van der Waals surface area contributed by atoms with Crippen LogP contribution in [0.15, 0.2) is 206 Å². The number of fused-ring (bicyclic) bond motifs is 6. The van der Waals surface area contributed by atoms with Crippen molar-refractivity contribution in [3.8, 4) is 66.8 Å². The first-order valence-corrected chi connectivity index (χ1v) is 23.2. The second-order valence-electron chi connectivity index (χ2n) is 20.1. The minimum Gasteiger partial charge on any atom is -0.309 e. The summed E-state index contributed by atoms with van der Waals surface area (Å²) in [5.74, 6) is 0. The molecule has 0 unspecified atom stereocenters. The minimum absolute atomic E-state index is 0.0664. The second-order valence-corrected chi connectivity index (χ2v) is 20.1. The molecule has 0 spiro atoms. The molecule has 2 aliphatic carbocycles. The van der Waals surface area contributed by atoms with E-state index >= 15 is 0 Å². The highest BCUT2D eigenvalue weighted by atomic mass is 15.1. The molecule has 0 bridgehead atoms. The van der Waals surface area contributed by atoms with Gasteiger partial charge in [-0.1, -0.05) is 224 Å². The van der Waals surface area contributed by atoms with E-state index < -0.39 is 0 Å².